The quantitative estimate of drug-likeness (QED) is 0.304. The van der Waals surface area contributed by atoms with Crippen LogP contribution in [0.4, 0.5) is 15.2 Å². The average Bonchev–Trinajstić information content (AvgIpc) is 3.39. The van der Waals surface area contributed by atoms with Gasteiger partial charge in [-0.25, -0.2) is 14.4 Å². The molecular formula is C22H18ClFN4OS2. The summed E-state index contributed by atoms with van der Waals surface area (Å²) in [6.07, 6.45) is 3.63. The molecule has 4 rings (SSSR count). The third kappa shape index (κ3) is 4.51. The smallest absolute Gasteiger partial charge is 0.230 e. The van der Waals surface area contributed by atoms with E-state index < -0.39 is 5.82 Å². The van der Waals surface area contributed by atoms with Gasteiger partial charge in [0.1, 0.15) is 5.82 Å². The zero-order valence-electron chi connectivity index (χ0n) is 16.8. The number of halogens is 2. The van der Waals surface area contributed by atoms with Gasteiger partial charge >= 0.3 is 0 Å². The fourth-order valence-electron chi connectivity index (χ4n) is 3.08. The molecule has 0 bridgehead atoms. The van der Waals surface area contributed by atoms with Crippen LogP contribution < -0.4 is 4.90 Å². The molecular weight excluding hydrogens is 455 g/mol. The van der Waals surface area contributed by atoms with Crippen LogP contribution in [-0.2, 0) is 10.5 Å². The normalized spacial score (nSPS) is 11.0. The molecule has 1 amide bonds. The van der Waals surface area contributed by atoms with Crippen LogP contribution in [0.25, 0.3) is 5.69 Å². The lowest BCUT2D eigenvalue weighted by atomic mass is 10.2. The summed E-state index contributed by atoms with van der Waals surface area (Å²) in [6, 6.07) is 11.9. The number of hydrogen-bond acceptors (Lipinski definition) is 5. The molecule has 158 valence electrons. The van der Waals surface area contributed by atoms with E-state index in [4.69, 9.17) is 11.6 Å². The molecule has 0 saturated carbocycles. The highest BCUT2D eigenvalue weighted by atomic mass is 35.5. The summed E-state index contributed by atoms with van der Waals surface area (Å²) in [5.41, 5.74) is 2.91. The van der Waals surface area contributed by atoms with Gasteiger partial charge in [0.25, 0.3) is 0 Å². The van der Waals surface area contributed by atoms with Gasteiger partial charge in [0, 0.05) is 35.5 Å². The van der Waals surface area contributed by atoms with Crippen LogP contribution in [0, 0.1) is 12.7 Å². The number of amides is 1. The predicted molar refractivity (Wildman–Crippen MR) is 124 cm³/mol. The maximum atomic E-state index is 14.3. The Morgan fingerprint density at radius 1 is 1.26 bits per heavy atom. The van der Waals surface area contributed by atoms with E-state index in [0.717, 1.165) is 22.1 Å². The SMILES string of the molecule is CC(=O)N(c1nc(CSc2nccn2-c2cccc(Cl)c2C)cs1)c1ccccc1F. The number of rotatable bonds is 6. The number of para-hydroxylation sites is 1. The Bertz CT molecular complexity index is 1240. The molecule has 0 fully saturated rings. The van der Waals surface area contributed by atoms with Crippen LogP contribution in [0.3, 0.4) is 0 Å². The Hall–Kier alpha value is -2.68. The lowest BCUT2D eigenvalue weighted by Crippen LogP contribution is -2.23. The second-order valence-corrected chi connectivity index (χ2v) is 8.87. The minimum atomic E-state index is -0.470. The van der Waals surface area contributed by atoms with Crippen molar-refractivity contribution in [1.29, 1.82) is 0 Å². The van der Waals surface area contributed by atoms with E-state index in [2.05, 4.69) is 9.97 Å². The van der Waals surface area contributed by atoms with Gasteiger partial charge in [-0.15, -0.1) is 11.3 Å². The van der Waals surface area contributed by atoms with Crippen molar-refractivity contribution in [2.45, 2.75) is 24.8 Å². The van der Waals surface area contributed by atoms with Crippen molar-refractivity contribution in [1.82, 2.24) is 14.5 Å². The first kappa shape index (κ1) is 21.5. The van der Waals surface area contributed by atoms with Crippen molar-refractivity contribution < 1.29 is 9.18 Å². The first-order chi connectivity index (χ1) is 15.0. The van der Waals surface area contributed by atoms with Crippen LogP contribution in [0.15, 0.2) is 65.4 Å². The van der Waals surface area contributed by atoms with Crippen molar-refractivity contribution in [2.24, 2.45) is 0 Å². The zero-order chi connectivity index (χ0) is 22.0. The Balaban J connectivity index is 1.55. The molecule has 5 nitrogen and oxygen atoms in total. The van der Waals surface area contributed by atoms with E-state index in [0.29, 0.717) is 15.9 Å². The van der Waals surface area contributed by atoms with Crippen LogP contribution in [0.5, 0.6) is 0 Å². The maximum Gasteiger partial charge on any atom is 0.230 e. The summed E-state index contributed by atoms with van der Waals surface area (Å²) in [6.45, 7) is 3.37. The molecule has 2 aromatic heterocycles. The number of hydrogen-bond donors (Lipinski definition) is 0. The summed E-state index contributed by atoms with van der Waals surface area (Å²) < 4.78 is 16.2. The van der Waals surface area contributed by atoms with Gasteiger partial charge in [-0.05, 0) is 36.8 Å². The number of carbonyl (C=O) groups is 1. The monoisotopic (exact) mass is 472 g/mol. The standard InChI is InChI=1S/C22H18ClFN4OS2/c1-14-17(23)6-5-9-19(14)27-11-10-25-21(27)30-12-16-13-31-22(26-16)28(15(2)29)20-8-4-3-7-18(20)24/h3-11,13H,12H2,1-2H3. The largest absolute Gasteiger partial charge is 0.295 e. The fraction of sp³-hybridized carbons (Fsp3) is 0.136. The Kier molecular flexibility index (Phi) is 6.41. The molecule has 0 saturated heterocycles. The second-order valence-electron chi connectivity index (χ2n) is 6.68. The van der Waals surface area contributed by atoms with Crippen LogP contribution in [0.2, 0.25) is 5.02 Å². The molecule has 0 spiro atoms. The van der Waals surface area contributed by atoms with E-state index >= 15 is 0 Å². The van der Waals surface area contributed by atoms with E-state index in [-0.39, 0.29) is 11.6 Å². The highest BCUT2D eigenvalue weighted by molar-refractivity contribution is 7.98. The Labute approximate surface area is 192 Å². The molecule has 0 aliphatic carbocycles. The average molecular weight is 473 g/mol. The number of thioether (sulfide) groups is 1. The number of anilines is 2. The number of aromatic nitrogens is 3. The van der Waals surface area contributed by atoms with Crippen molar-refractivity contribution in [3.05, 3.63) is 82.3 Å². The van der Waals surface area contributed by atoms with Crippen LogP contribution >= 0.6 is 34.7 Å². The van der Waals surface area contributed by atoms with E-state index in [9.17, 15) is 9.18 Å². The molecule has 9 heteroatoms. The molecule has 4 aromatic rings. The van der Waals surface area contributed by atoms with Gasteiger partial charge in [-0.2, -0.15) is 0 Å². The van der Waals surface area contributed by atoms with E-state index in [1.54, 1.807) is 24.4 Å². The summed E-state index contributed by atoms with van der Waals surface area (Å²) in [5, 5.41) is 3.81. The number of benzene rings is 2. The van der Waals surface area contributed by atoms with Gasteiger partial charge < -0.3 is 0 Å². The number of carbonyl (C=O) groups excluding carboxylic acids is 1. The van der Waals surface area contributed by atoms with Crippen LogP contribution in [0.1, 0.15) is 18.2 Å². The van der Waals surface area contributed by atoms with E-state index in [1.165, 1.54) is 41.0 Å². The predicted octanol–water partition coefficient (Wildman–Crippen LogP) is 6.41. The van der Waals surface area contributed by atoms with Gasteiger partial charge in [0.05, 0.1) is 17.1 Å². The van der Waals surface area contributed by atoms with Gasteiger partial charge in [0.2, 0.25) is 5.91 Å². The Morgan fingerprint density at radius 3 is 2.84 bits per heavy atom. The number of thiazole rings is 1. The summed E-state index contributed by atoms with van der Waals surface area (Å²) in [4.78, 5) is 22.5. The van der Waals surface area contributed by atoms with Crippen molar-refractivity contribution >= 4 is 51.4 Å². The van der Waals surface area contributed by atoms with E-state index in [1.807, 2.05) is 41.3 Å². The zero-order valence-corrected chi connectivity index (χ0v) is 19.1. The molecule has 0 radical (unpaired) electrons. The fourth-order valence-corrected chi connectivity index (χ4v) is 5.09. The van der Waals surface area contributed by atoms with Gasteiger partial charge in [-0.3, -0.25) is 14.3 Å². The van der Waals surface area contributed by atoms with Crippen LogP contribution in [-0.4, -0.2) is 20.4 Å². The lowest BCUT2D eigenvalue weighted by Gasteiger charge is -2.18. The molecule has 0 aliphatic rings. The van der Waals surface area contributed by atoms with Gasteiger partial charge in [0.15, 0.2) is 10.3 Å². The molecule has 0 unspecified atom stereocenters. The Morgan fingerprint density at radius 2 is 2.06 bits per heavy atom. The minimum absolute atomic E-state index is 0.190. The summed E-state index contributed by atoms with van der Waals surface area (Å²) in [7, 11) is 0. The first-order valence-corrected chi connectivity index (χ1v) is 11.6. The highest BCUT2D eigenvalue weighted by Gasteiger charge is 2.21. The minimum Gasteiger partial charge on any atom is -0.295 e. The molecule has 0 N–H and O–H groups in total. The third-order valence-corrected chi connectivity index (χ3v) is 6.88. The number of imidazole rings is 1. The van der Waals surface area contributed by atoms with Crippen molar-refractivity contribution in [3.63, 3.8) is 0 Å². The van der Waals surface area contributed by atoms with Crippen molar-refractivity contribution in [2.75, 3.05) is 4.90 Å². The van der Waals surface area contributed by atoms with Gasteiger partial charge in [-0.1, -0.05) is 41.6 Å². The molecule has 2 heterocycles. The molecule has 0 aliphatic heterocycles. The van der Waals surface area contributed by atoms with Crippen molar-refractivity contribution in [3.8, 4) is 5.69 Å². The molecule has 0 atom stereocenters. The summed E-state index contributed by atoms with van der Waals surface area (Å²) >= 11 is 9.09. The highest BCUT2D eigenvalue weighted by Crippen LogP contribution is 2.33. The lowest BCUT2D eigenvalue weighted by molar-refractivity contribution is -0.115. The first-order valence-electron chi connectivity index (χ1n) is 9.37. The maximum absolute atomic E-state index is 14.3. The number of nitrogens with zero attached hydrogens (tertiary/aromatic N) is 4. The summed E-state index contributed by atoms with van der Waals surface area (Å²) in [5.74, 6) is -0.218. The second kappa shape index (κ2) is 9.21. The topological polar surface area (TPSA) is 51.0 Å². The molecule has 2 aromatic carbocycles. The molecule has 31 heavy (non-hydrogen) atoms. The third-order valence-electron chi connectivity index (χ3n) is 4.59.